The van der Waals surface area contributed by atoms with E-state index in [0.29, 0.717) is 24.1 Å². The molecule has 4 unspecified atom stereocenters. The number of piperidine rings is 1. The number of hydrogen-bond acceptors (Lipinski definition) is 5. The van der Waals surface area contributed by atoms with Gasteiger partial charge in [-0.25, -0.2) is 0 Å². The average Bonchev–Trinajstić information content (AvgIpc) is 2.71. The second-order valence-electron chi connectivity index (χ2n) is 7.98. The maximum Gasteiger partial charge on any atom is 0.237 e. The number of thioether (sulfide) groups is 1. The highest BCUT2D eigenvalue weighted by molar-refractivity contribution is 7.99. The fourth-order valence-corrected chi connectivity index (χ4v) is 5.49. The summed E-state index contributed by atoms with van der Waals surface area (Å²) in [5, 5.41) is 13.5. The monoisotopic (exact) mass is 391 g/mol. The molecule has 1 saturated heterocycles. The van der Waals surface area contributed by atoms with Crippen molar-refractivity contribution in [2.24, 2.45) is 17.6 Å². The number of aliphatic hydroxyl groups excluding tert-OH is 1. The molecule has 150 valence electrons. The van der Waals surface area contributed by atoms with E-state index in [1.54, 1.807) is 18.8 Å². The number of aliphatic hydroxyl groups is 1. The van der Waals surface area contributed by atoms with Crippen molar-refractivity contribution >= 4 is 17.7 Å². The second kappa shape index (κ2) is 9.92. The van der Waals surface area contributed by atoms with Gasteiger partial charge in [0.25, 0.3) is 0 Å². The molecule has 1 amide bonds. The van der Waals surface area contributed by atoms with Crippen LogP contribution >= 0.6 is 11.8 Å². The van der Waals surface area contributed by atoms with E-state index in [1.807, 2.05) is 18.2 Å². The zero-order valence-corrected chi connectivity index (χ0v) is 17.0. The second-order valence-corrected chi connectivity index (χ2v) is 9.07. The van der Waals surface area contributed by atoms with Gasteiger partial charge in [0.15, 0.2) is 0 Å². The fraction of sp³-hybridized carbons (Fsp3) is 0.667. The summed E-state index contributed by atoms with van der Waals surface area (Å²) in [6, 6.07) is 9.66. The smallest absolute Gasteiger partial charge is 0.237 e. The number of amides is 1. The number of carbonyl (C=O) groups is 1. The van der Waals surface area contributed by atoms with Gasteiger partial charge in [-0.15, -0.1) is 11.8 Å². The SMILES string of the molecule is CNC(=O)C1CC2CCCCC2CN1CC(O)[C@@H](N)CSc1ccccc1. The molecule has 1 heterocycles. The fourth-order valence-electron chi connectivity index (χ4n) is 4.54. The Balaban J connectivity index is 1.57. The van der Waals surface area contributed by atoms with Crippen LogP contribution in [0.3, 0.4) is 0 Å². The summed E-state index contributed by atoms with van der Waals surface area (Å²) in [5.74, 6) is 2.03. The molecule has 27 heavy (non-hydrogen) atoms. The first kappa shape index (κ1) is 20.6. The molecule has 1 aliphatic heterocycles. The number of benzene rings is 1. The quantitative estimate of drug-likeness (QED) is 0.621. The predicted molar refractivity (Wildman–Crippen MR) is 111 cm³/mol. The van der Waals surface area contributed by atoms with E-state index in [9.17, 15) is 9.90 Å². The molecule has 1 saturated carbocycles. The number of β-amino-alcohol motifs (C(OH)–C–C–N with tert-alkyl or cyclic N) is 1. The number of likely N-dealkylation sites (tertiary alicyclic amines) is 1. The van der Waals surface area contributed by atoms with Crippen LogP contribution in [-0.2, 0) is 4.79 Å². The van der Waals surface area contributed by atoms with Crippen molar-refractivity contribution in [3.05, 3.63) is 30.3 Å². The van der Waals surface area contributed by atoms with Crippen molar-refractivity contribution in [1.29, 1.82) is 0 Å². The standard InChI is InChI=1S/C21H33N3O2S/c1-23-21(26)19-11-15-7-5-6-8-16(15)12-24(19)13-20(25)18(22)14-27-17-9-3-2-4-10-17/h2-4,9-10,15-16,18-20,25H,5-8,11-14,22H2,1H3,(H,23,26)/t15?,16?,18-,19?,20?/m0/s1. The molecule has 3 rings (SSSR count). The molecule has 0 bridgehead atoms. The van der Waals surface area contributed by atoms with E-state index < -0.39 is 6.10 Å². The molecule has 0 radical (unpaired) electrons. The Kier molecular flexibility index (Phi) is 7.58. The van der Waals surface area contributed by atoms with Crippen molar-refractivity contribution < 1.29 is 9.90 Å². The third-order valence-corrected chi connectivity index (χ3v) is 7.31. The zero-order valence-electron chi connectivity index (χ0n) is 16.2. The summed E-state index contributed by atoms with van der Waals surface area (Å²) >= 11 is 1.67. The Morgan fingerprint density at radius 3 is 2.70 bits per heavy atom. The van der Waals surface area contributed by atoms with Crippen LogP contribution < -0.4 is 11.1 Å². The molecule has 2 aliphatic rings. The molecule has 2 fully saturated rings. The maximum atomic E-state index is 12.4. The third kappa shape index (κ3) is 5.47. The first-order valence-corrected chi connectivity index (χ1v) is 11.1. The highest BCUT2D eigenvalue weighted by atomic mass is 32.2. The third-order valence-electron chi connectivity index (χ3n) is 6.15. The van der Waals surface area contributed by atoms with Gasteiger partial charge in [-0.1, -0.05) is 37.5 Å². The van der Waals surface area contributed by atoms with Crippen LogP contribution in [0.2, 0.25) is 0 Å². The first-order chi connectivity index (χ1) is 13.1. The van der Waals surface area contributed by atoms with E-state index in [4.69, 9.17) is 5.73 Å². The first-order valence-electron chi connectivity index (χ1n) is 10.2. The van der Waals surface area contributed by atoms with Crippen molar-refractivity contribution in [3.63, 3.8) is 0 Å². The molecule has 5 atom stereocenters. The van der Waals surface area contributed by atoms with Crippen LogP contribution in [-0.4, -0.2) is 60.0 Å². The van der Waals surface area contributed by atoms with E-state index in [2.05, 4.69) is 22.3 Å². The lowest BCUT2D eigenvalue weighted by atomic mass is 9.72. The lowest BCUT2D eigenvalue weighted by Gasteiger charge is -2.46. The van der Waals surface area contributed by atoms with E-state index in [0.717, 1.165) is 17.9 Å². The number of likely N-dealkylation sites (N-methyl/N-ethyl adjacent to an activating group) is 1. The minimum absolute atomic E-state index is 0.0680. The molecule has 5 nitrogen and oxygen atoms in total. The number of nitrogens with two attached hydrogens (primary N) is 1. The minimum Gasteiger partial charge on any atom is -0.390 e. The number of nitrogens with zero attached hydrogens (tertiary/aromatic N) is 1. The van der Waals surface area contributed by atoms with Gasteiger partial charge in [-0.3, -0.25) is 9.69 Å². The highest BCUT2D eigenvalue weighted by Crippen LogP contribution is 2.38. The van der Waals surface area contributed by atoms with Gasteiger partial charge in [0.2, 0.25) is 5.91 Å². The Labute approximate surface area is 167 Å². The van der Waals surface area contributed by atoms with E-state index >= 15 is 0 Å². The zero-order chi connectivity index (χ0) is 19.2. The molecule has 0 aromatic heterocycles. The van der Waals surface area contributed by atoms with Gasteiger partial charge in [-0.05, 0) is 36.8 Å². The van der Waals surface area contributed by atoms with Gasteiger partial charge in [0.05, 0.1) is 12.1 Å². The van der Waals surface area contributed by atoms with Gasteiger partial charge in [-0.2, -0.15) is 0 Å². The number of fused-ring (bicyclic) bond motifs is 1. The Hall–Kier alpha value is -1.08. The summed E-state index contributed by atoms with van der Waals surface area (Å²) in [6.07, 6.45) is 5.33. The van der Waals surface area contributed by atoms with Gasteiger partial charge in [0.1, 0.15) is 0 Å². The summed E-state index contributed by atoms with van der Waals surface area (Å²) in [6.45, 7) is 1.37. The normalized spacial score (nSPS) is 28.2. The van der Waals surface area contributed by atoms with Gasteiger partial charge in [0, 0.05) is 36.8 Å². The molecular formula is C21H33N3O2S. The van der Waals surface area contributed by atoms with Crippen molar-refractivity contribution in [2.45, 2.75) is 55.2 Å². The molecule has 6 heteroatoms. The average molecular weight is 392 g/mol. The van der Waals surface area contributed by atoms with Crippen LogP contribution in [0.15, 0.2) is 35.2 Å². The molecular weight excluding hydrogens is 358 g/mol. The Morgan fingerprint density at radius 2 is 2.00 bits per heavy atom. The number of nitrogens with one attached hydrogen (secondary N) is 1. The minimum atomic E-state index is -0.631. The Bertz CT molecular complexity index is 600. The van der Waals surface area contributed by atoms with Gasteiger partial charge >= 0.3 is 0 Å². The lowest BCUT2D eigenvalue weighted by Crippen LogP contribution is -2.57. The van der Waals surface area contributed by atoms with Crippen LogP contribution in [0.4, 0.5) is 0 Å². The molecule has 1 aromatic rings. The topological polar surface area (TPSA) is 78.6 Å². The maximum absolute atomic E-state index is 12.4. The van der Waals surface area contributed by atoms with Crippen LogP contribution in [0.25, 0.3) is 0 Å². The van der Waals surface area contributed by atoms with Crippen LogP contribution in [0, 0.1) is 11.8 Å². The largest absolute Gasteiger partial charge is 0.390 e. The Morgan fingerprint density at radius 1 is 1.30 bits per heavy atom. The number of rotatable bonds is 7. The van der Waals surface area contributed by atoms with Crippen molar-refractivity contribution in [2.75, 3.05) is 25.9 Å². The molecule has 1 aliphatic carbocycles. The summed E-state index contributed by atoms with van der Waals surface area (Å²) in [4.78, 5) is 15.8. The molecule has 4 N–H and O–H groups in total. The summed E-state index contributed by atoms with van der Waals surface area (Å²) in [7, 11) is 1.70. The predicted octanol–water partition coefficient (Wildman–Crippen LogP) is 2.09. The van der Waals surface area contributed by atoms with E-state index in [-0.39, 0.29) is 18.0 Å². The number of hydrogen-bond donors (Lipinski definition) is 3. The van der Waals surface area contributed by atoms with Crippen molar-refractivity contribution in [3.8, 4) is 0 Å². The van der Waals surface area contributed by atoms with Crippen LogP contribution in [0.5, 0.6) is 0 Å². The van der Waals surface area contributed by atoms with Crippen molar-refractivity contribution in [1.82, 2.24) is 10.2 Å². The number of carbonyl (C=O) groups excluding carboxylic acids is 1. The highest BCUT2D eigenvalue weighted by Gasteiger charge is 2.40. The van der Waals surface area contributed by atoms with E-state index in [1.165, 1.54) is 25.7 Å². The molecule has 1 aromatic carbocycles. The molecule has 0 spiro atoms. The lowest BCUT2D eigenvalue weighted by molar-refractivity contribution is -0.130. The summed E-state index contributed by atoms with van der Waals surface area (Å²) in [5.41, 5.74) is 6.27. The van der Waals surface area contributed by atoms with Gasteiger partial charge < -0.3 is 16.2 Å². The summed E-state index contributed by atoms with van der Waals surface area (Å²) < 4.78 is 0. The van der Waals surface area contributed by atoms with Crippen LogP contribution in [0.1, 0.15) is 32.1 Å².